The van der Waals surface area contributed by atoms with E-state index in [2.05, 4.69) is 22.3 Å². The Kier molecular flexibility index (Phi) is 2.38. The van der Waals surface area contributed by atoms with E-state index in [-0.39, 0.29) is 0 Å². The quantitative estimate of drug-likeness (QED) is 0.644. The maximum absolute atomic E-state index is 7.28. The summed E-state index contributed by atoms with van der Waals surface area (Å²) in [7, 11) is 0. The van der Waals surface area contributed by atoms with E-state index in [1.807, 2.05) is 0 Å². The summed E-state index contributed by atoms with van der Waals surface area (Å²) in [4.78, 5) is 0. The SMILES string of the molecule is [2H]c1nn[nH]c1CCCCC. The lowest BCUT2D eigenvalue weighted by atomic mass is 10.2. The Morgan fingerprint density at radius 2 is 2.60 bits per heavy atom. The van der Waals surface area contributed by atoms with Gasteiger partial charge in [-0.15, -0.1) is 5.10 Å². The van der Waals surface area contributed by atoms with Crippen LogP contribution in [0.25, 0.3) is 0 Å². The summed E-state index contributed by atoms with van der Waals surface area (Å²) in [5.74, 6) is 0. The van der Waals surface area contributed by atoms with Gasteiger partial charge in [0.1, 0.15) is 0 Å². The molecule has 0 aliphatic heterocycles. The molecule has 0 atom stereocenters. The van der Waals surface area contributed by atoms with E-state index in [4.69, 9.17) is 1.37 Å². The molecule has 0 saturated heterocycles. The summed E-state index contributed by atoms with van der Waals surface area (Å²) in [6.07, 6.45) is 4.72. The van der Waals surface area contributed by atoms with Crippen molar-refractivity contribution in [2.75, 3.05) is 0 Å². The third-order valence-electron chi connectivity index (χ3n) is 1.45. The highest BCUT2D eigenvalue weighted by atomic mass is 15.3. The molecule has 1 aromatic rings. The molecular formula is C7H13N3. The first-order valence-electron chi connectivity index (χ1n) is 4.21. The zero-order valence-electron chi connectivity index (χ0n) is 7.22. The average Bonchev–Trinajstić information content (AvgIpc) is 2.37. The van der Waals surface area contributed by atoms with Gasteiger partial charge in [-0.3, -0.25) is 5.10 Å². The van der Waals surface area contributed by atoms with Gasteiger partial charge in [0.05, 0.1) is 13.2 Å². The number of aryl methyl sites for hydroxylation is 1. The molecule has 3 heteroatoms. The molecule has 0 aromatic carbocycles. The molecule has 1 aromatic heterocycles. The highest BCUT2D eigenvalue weighted by molar-refractivity contribution is 4.89. The summed E-state index contributed by atoms with van der Waals surface area (Å²) >= 11 is 0. The van der Waals surface area contributed by atoms with Crippen molar-refractivity contribution in [3.63, 3.8) is 0 Å². The third kappa shape index (κ3) is 2.17. The van der Waals surface area contributed by atoms with Crippen molar-refractivity contribution in [2.45, 2.75) is 32.6 Å². The molecule has 56 valence electrons. The van der Waals surface area contributed by atoms with Crippen LogP contribution in [0.1, 0.15) is 33.3 Å². The van der Waals surface area contributed by atoms with Crippen LogP contribution in [0, 0.1) is 0 Å². The first-order chi connectivity index (χ1) is 5.34. The van der Waals surface area contributed by atoms with Gasteiger partial charge in [-0.05, 0) is 12.8 Å². The van der Waals surface area contributed by atoms with Crippen LogP contribution in [0.15, 0.2) is 6.17 Å². The minimum atomic E-state index is 0.293. The summed E-state index contributed by atoms with van der Waals surface area (Å²) in [5, 5.41) is 9.81. The Balaban J connectivity index is 2.32. The van der Waals surface area contributed by atoms with Gasteiger partial charge >= 0.3 is 0 Å². The van der Waals surface area contributed by atoms with Gasteiger partial charge in [-0.25, -0.2) is 0 Å². The maximum atomic E-state index is 7.28. The van der Waals surface area contributed by atoms with Crippen molar-refractivity contribution in [1.29, 1.82) is 0 Å². The molecule has 1 rings (SSSR count). The van der Waals surface area contributed by atoms with Gasteiger partial charge in [0.2, 0.25) is 0 Å². The predicted octanol–water partition coefficient (Wildman–Crippen LogP) is 1.54. The molecule has 0 amide bonds. The molecule has 0 radical (unpaired) electrons. The molecule has 0 spiro atoms. The topological polar surface area (TPSA) is 41.6 Å². The van der Waals surface area contributed by atoms with Gasteiger partial charge in [0, 0.05) is 0 Å². The fraction of sp³-hybridized carbons (Fsp3) is 0.714. The highest BCUT2D eigenvalue weighted by Crippen LogP contribution is 2.00. The first-order valence-corrected chi connectivity index (χ1v) is 3.71. The van der Waals surface area contributed by atoms with E-state index < -0.39 is 0 Å². The van der Waals surface area contributed by atoms with Crippen LogP contribution in [-0.2, 0) is 6.42 Å². The van der Waals surface area contributed by atoms with Gasteiger partial charge < -0.3 is 0 Å². The van der Waals surface area contributed by atoms with Gasteiger partial charge in [0.25, 0.3) is 0 Å². The van der Waals surface area contributed by atoms with Crippen LogP contribution >= 0.6 is 0 Å². The smallest absolute Gasteiger partial charge is 0.0880 e. The number of nitrogens with one attached hydrogen (secondary N) is 1. The molecule has 3 nitrogen and oxygen atoms in total. The lowest BCUT2D eigenvalue weighted by Gasteiger charge is -1.92. The van der Waals surface area contributed by atoms with E-state index in [0.717, 1.165) is 18.5 Å². The van der Waals surface area contributed by atoms with E-state index in [0.29, 0.717) is 6.17 Å². The standard InChI is InChI=1S/C7H13N3/c1-2-3-4-5-7-6-8-10-9-7/h6H,2-5H2,1H3,(H,8,9,10)/i6D. The second kappa shape index (κ2) is 4.04. The van der Waals surface area contributed by atoms with Crippen molar-refractivity contribution in [3.05, 3.63) is 11.9 Å². The Labute approximate surface area is 62.2 Å². The Morgan fingerprint density at radius 3 is 3.20 bits per heavy atom. The molecule has 0 bridgehead atoms. The molecule has 1 N–H and O–H groups in total. The summed E-state index contributed by atoms with van der Waals surface area (Å²) < 4.78 is 7.28. The molecule has 0 unspecified atom stereocenters. The molecular weight excluding hydrogens is 126 g/mol. The van der Waals surface area contributed by atoms with Crippen molar-refractivity contribution < 1.29 is 1.37 Å². The van der Waals surface area contributed by atoms with E-state index in [9.17, 15) is 0 Å². The zero-order valence-corrected chi connectivity index (χ0v) is 6.22. The van der Waals surface area contributed by atoms with E-state index in [1.165, 1.54) is 12.8 Å². The summed E-state index contributed by atoms with van der Waals surface area (Å²) in [6.45, 7) is 2.16. The Morgan fingerprint density at radius 1 is 1.70 bits per heavy atom. The first kappa shape index (κ1) is 5.89. The van der Waals surface area contributed by atoms with E-state index in [1.54, 1.807) is 0 Å². The number of hydrogen-bond acceptors (Lipinski definition) is 2. The van der Waals surface area contributed by atoms with Crippen molar-refractivity contribution in [2.24, 2.45) is 0 Å². The molecule has 1 heterocycles. The second-order valence-corrected chi connectivity index (χ2v) is 2.36. The number of aromatic nitrogens is 3. The molecule has 0 aliphatic rings. The van der Waals surface area contributed by atoms with Gasteiger partial charge in [-0.1, -0.05) is 25.0 Å². The minimum Gasteiger partial charge on any atom is -0.262 e. The average molecular weight is 140 g/mol. The third-order valence-corrected chi connectivity index (χ3v) is 1.45. The van der Waals surface area contributed by atoms with Crippen LogP contribution in [0.2, 0.25) is 0 Å². The van der Waals surface area contributed by atoms with Crippen LogP contribution in [-0.4, -0.2) is 15.4 Å². The van der Waals surface area contributed by atoms with Crippen molar-refractivity contribution >= 4 is 0 Å². The largest absolute Gasteiger partial charge is 0.262 e. The Bertz CT molecular complexity index is 209. The lowest BCUT2D eigenvalue weighted by molar-refractivity contribution is 0.705. The zero-order chi connectivity index (χ0) is 8.10. The maximum Gasteiger partial charge on any atom is 0.0880 e. The highest BCUT2D eigenvalue weighted by Gasteiger charge is 1.92. The van der Waals surface area contributed by atoms with Crippen molar-refractivity contribution in [3.8, 4) is 0 Å². The van der Waals surface area contributed by atoms with Crippen LogP contribution in [0.3, 0.4) is 0 Å². The number of H-pyrrole nitrogens is 1. The van der Waals surface area contributed by atoms with Crippen LogP contribution in [0.4, 0.5) is 0 Å². The van der Waals surface area contributed by atoms with Gasteiger partial charge in [-0.2, -0.15) is 0 Å². The minimum absolute atomic E-state index is 0.293. The monoisotopic (exact) mass is 140 g/mol. The number of hydrogen-bond donors (Lipinski definition) is 1. The molecule has 0 fully saturated rings. The fourth-order valence-electron chi connectivity index (χ4n) is 0.859. The predicted molar refractivity (Wildman–Crippen MR) is 39.6 cm³/mol. The summed E-state index contributed by atoms with van der Waals surface area (Å²) in [6, 6.07) is 0. The Hall–Kier alpha value is -0.860. The fourth-order valence-corrected chi connectivity index (χ4v) is 0.859. The molecule has 0 saturated carbocycles. The number of unbranched alkanes of at least 4 members (excludes halogenated alkanes) is 2. The number of nitrogens with zero attached hydrogens (tertiary/aromatic N) is 2. The second-order valence-electron chi connectivity index (χ2n) is 2.36. The van der Waals surface area contributed by atoms with Crippen molar-refractivity contribution in [1.82, 2.24) is 15.4 Å². The van der Waals surface area contributed by atoms with Crippen LogP contribution < -0.4 is 0 Å². The number of aromatic amines is 1. The summed E-state index contributed by atoms with van der Waals surface area (Å²) in [5.41, 5.74) is 0.860. The van der Waals surface area contributed by atoms with Crippen LogP contribution in [0.5, 0.6) is 0 Å². The molecule has 0 aliphatic carbocycles. The molecule has 10 heavy (non-hydrogen) atoms. The van der Waals surface area contributed by atoms with Gasteiger partial charge in [0.15, 0.2) is 0 Å². The lowest BCUT2D eigenvalue weighted by Crippen LogP contribution is -1.84. The normalized spacial score (nSPS) is 11.5. The van der Waals surface area contributed by atoms with E-state index >= 15 is 0 Å². The number of rotatable bonds is 4.